The van der Waals surface area contributed by atoms with E-state index in [-0.39, 0.29) is 23.8 Å². The fourth-order valence-corrected chi connectivity index (χ4v) is 2.36. The van der Waals surface area contributed by atoms with Crippen molar-refractivity contribution in [2.24, 2.45) is 5.92 Å². The highest BCUT2D eigenvalue weighted by Crippen LogP contribution is 2.28. The number of Topliss-reactive ketones (excluding diaryl/α,β-unsaturated/α-hetero) is 1. The number of amides is 1. The molecule has 0 spiro atoms. The van der Waals surface area contributed by atoms with E-state index in [0.29, 0.717) is 19.4 Å². The summed E-state index contributed by atoms with van der Waals surface area (Å²) >= 11 is 0. The minimum Gasteiger partial charge on any atom is -0.309 e. The van der Waals surface area contributed by atoms with Gasteiger partial charge in [-0.1, -0.05) is 6.92 Å². The standard InChI is InChI=1S/C14H15F2NO2/c1-2-13(18)10-4-3-7-17(14(10)19)12-6-5-9(15)8-11(12)16/h5-6,8,10H,2-4,7H2,1H3/t10-/m0/s1. The topological polar surface area (TPSA) is 37.4 Å². The van der Waals surface area contributed by atoms with E-state index >= 15 is 0 Å². The number of nitrogens with zero attached hydrogens (tertiary/aromatic N) is 1. The number of rotatable bonds is 3. The first-order chi connectivity index (χ1) is 9.04. The van der Waals surface area contributed by atoms with Gasteiger partial charge in [0.25, 0.3) is 0 Å². The Kier molecular flexibility index (Phi) is 3.93. The molecule has 1 amide bonds. The van der Waals surface area contributed by atoms with Gasteiger partial charge in [0.15, 0.2) is 0 Å². The smallest absolute Gasteiger partial charge is 0.237 e. The summed E-state index contributed by atoms with van der Waals surface area (Å²) in [5.74, 6) is -2.67. The van der Waals surface area contributed by atoms with Crippen LogP contribution in [0.2, 0.25) is 0 Å². The Balaban J connectivity index is 2.29. The van der Waals surface area contributed by atoms with E-state index < -0.39 is 17.6 Å². The maximum absolute atomic E-state index is 13.7. The molecular weight excluding hydrogens is 252 g/mol. The van der Waals surface area contributed by atoms with Crippen LogP contribution in [0.3, 0.4) is 0 Å². The molecule has 1 aromatic carbocycles. The molecule has 1 aromatic rings. The van der Waals surface area contributed by atoms with Crippen molar-refractivity contribution in [3.63, 3.8) is 0 Å². The highest BCUT2D eigenvalue weighted by Gasteiger charge is 2.34. The molecule has 0 bridgehead atoms. The lowest BCUT2D eigenvalue weighted by Gasteiger charge is -2.31. The van der Waals surface area contributed by atoms with Gasteiger partial charge in [0, 0.05) is 19.0 Å². The van der Waals surface area contributed by atoms with Gasteiger partial charge < -0.3 is 4.90 Å². The third kappa shape index (κ3) is 2.64. The van der Waals surface area contributed by atoms with Crippen LogP contribution < -0.4 is 4.90 Å². The second-order valence-corrected chi connectivity index (χ2v) is 4.60. The fraction of sp³-hybridized carbons (Fsp3) is 0.429. The molecule has 1 heterocycles. The number of anilines is 1. The van der Waals surface area contributed by atoms with Crippen LogP contribution in [0.5, 0.6) is 0 Å². The summed E-state index contributed by atoms with van der Waals surface area (Å²) in [7, 11) is 0. The fourth-order valence-electron chi connectivity index (χ4n) is 2.36. The molecule has 1 aliphatic rings. The van der Waals surface area contributed by atoms with Crippen molar-refractivity contribution in [2.75, 3.05) is 11.4 Å². The number of piperidine rings is 1. The number of ketones is 1. The highest BCUT2D eigenvalue weighted by atomic mass is 19.1. The van der Waals surface area contributed by atoms with Crippen LogP contribution in [0.4, 0.5) is 14.5 Å². The van der Waals surface area contributed by atoms with Crippen LogP contribution in [0.15, 0.2) is 18.2 Å². The summed E-state index contributed by atoms with van der Waals surface area (Å²) < 4.78 is 26.6. The van der Waals surface area contributed by atoms with E-state index in [2.05, 4.69) is 0 Å². The van der Waals surface area contributed by atoms with Gasteiger partial charge in [-0.2, -0.15) is 0 Å². The molecule has 0 unspecified atom stereocenters. The predicted molar refractivity (Wildman–Crippen MR) is 66.7 cm³/mol. The Bertz CT molecular complexity index is 516. The molecule has 19 heavy (non-hydrogen) atoms. The Morgan fingerprint density at radius 2 is 2.16 bits per heavy atom. The van der Waals surface area contributed by atoms with Crippen molar-refractivity contribution in [3.8, 4) is 0 Å². The lowest BCUT2D eigenvalue weighted by Crippen LogP contribution is -2.44. The van der Waals surface area contributed by atoms with Crippen LogP contribution in [-0.2, 0) is 9.59 Å². The molecule has 0 N–H and O–H groups in total. The average molecular weight is 267 g/mol. The molecule has 1 saturated heterocycles. The number of halogens is 2. The third-order valence-electron chi connectivity index (χ3n) is 3.38. The van der Waals surface area contributed by atoms with Crippen molar-refractivity contribution in [1.82, 2.24) is 0 Å². The van der Waals surface area contributed by atoms with Crippen molar-refractivity contribution in [3.05, 3.63) is 29.8 Å². The Morgan fingerprint density at radius 1 is 1.42 bits per heavy atom. The van der Waals surface area contributed by atoms with Gasteiger partial charge in [-0.15, -0.1) is 0 Å². The van der Waals surface area contributed by atoms with Crippen molar-refractivity contribution < 1.29 is 18.4 Å². The van der Waals surface area contributed by atoms with Gasteiger partial charge in [-0.25, -0.2) is 8.78 Å². The quantitative estimate of drug-likeness (QED) is 0.790. The molecule has 102 valence electrons. The SMILES string of the molecule is CCC(=O)[C@@H]1CCCN(c2ccc(F)cc2F)C1=O. The average Bonchev–Trinajstić information content (AvgIpc) is 2.39. The normalized spacial score (nSPS) is 19.6. The van der Waals surface area contributed by atoms with Gasteiger partial charge in [0.05, 0.1) is 11.6 Å². The molecule has 1 atom stereocenters. The summed E-state index contributed by atoms with van der Waals surface area (Å²) in [4.78, 5) is 25.1. The van der Waals surface area contributed by atoms with E-state index in [4.69, 9.17) is 0 Å². The van der Waals surface area contributed by atoms with Gasteiger partial charge in [0.1, 0.15) is 17.4 Å². The number of hydrogen-bond acceptors (Lipinski definition) is 2. The molecule has 1 aliphatic heterocycles. The summed E-state index contributed by atoms with van der Waals surface area (Å²) in [6, 6.07) is 3.09. The molecule has 0 aromatic heterocycles. The first kappa shape index (κ1) is 13.6. The molecule has 0 saturated carbocycles. The Hall–Kier alpha value is -1.78. The number of carbonyl (C=O) groups excluding carboxylic acids is 2. The molecule has 5 heteroatoms. The van der Waals surface area contributed by atoms with Crippen molar-refractivity contribution in [1.29, 1.82) is 0 Å². The molecule has 1 fully saturated rings. The van der Waals surface area contributed by atoms with E-state index in [1.807, 2.05) is 0 Å². The minimum atomic E-state index is -0.780. The van der Waals surface area contributed by atoms with Crippen LogP contribution in [0.25, 0.3) is 0 Å². The van der Waals surface area contributed by atoms with E-state index in [9.17, 15) is 18.4 Å². The summed E-state index contributed by atoms with van der Waals surface area (Å²) in [6.45, 7) is 2.06. The number of carbonyl (C=O) groups is 2. The molecule has 3 nitrogen and oxygen atoms in total. The Morgan fingerprint density at radius 3 is 2.79 bits per heavy atom. The first-order valence-corrected chi connectivity index (χ1v) is 6.33. The predicted octanol–water partition coefficient (Wildman–Crippen LogP) is 2.69. The first-order valence-electron chi connectivity index (χ1n) is 6.33. The van der Waals surface area contributed by atoms with Crippen LogP contribution in [-0.4, -0.2) is 18.2 Å². The lowest BCUT2D eigenvalue weighted by atomic mass is 9.91. The van der Waals surface area contributed by atoms with Crippen LogP contribution >= 0.6 is 0 Å². The monoisotopic (exact) mass is 267 g/mol. The second-order valence-electron chi connectivity index (χ2n) is 4.60. The lowest BCUT2D eigenvalue weighted by molar-refractivity contribution is -0.133. The summed E-state index contributed by atoms with van der Waals surface area (Å²) in [6.07, 6.45) is 1.43. The molecular formula is C14H15F2NO2. The Labute approximate surface area is 110 Å². The van der Waals surface area contributed by atoms with Gasteiger partial charge in [-0.05, 0) is 25.0 Å². The largest absolute Gasteiger partial charge is 0.309 e. The maximum Gasteiger partial charge on any atom is 0.237 e. The zero-order valence-corrected chi connectivity index (χ0v) is 10.7. The number of benzene rings is 1. The van der Waals surface area contributed by atoms with E-state index in [1.54, 1.807) is 6.92 Å². The third-order valence-corrected chi connectivity index (χ3v) is 3.38. The van der Waals surface area contributed by atoms with Crippen LogP contribution in [0, 0.1) is 17.6 Å². The van der Waals surface area contributed by atoms with Crippen molar-refractivity contribution in [2.45, 2.75) is 26.2 Å². The minimum absolute atomic E-state index is 0.0417. The number of hydrogen-bond donors (Lipinski definition) is 0. The maximum atomic E-state index is 13.7. The van der Waals surface area contributed by atoms with Gasteiger partial charge >= 0.3 is 0 Å². The highest BCUT2D eigenvalue weighted by molar-refractivity contribution is 6.08. The summed E-state index contributed by atoms with van der Waals surface area (Å²) in [5, 5.41) is 0. The second kappa shape index (κ2) is 5.47. The molecule has 0 aliphatic carbocycles. The van der Waals surface area contributed by atoms with Crippen molar-refractivity contribution >= 4 is 17.4 Å². The van der Waals surface area contributed by atoms with Gasteiger partial charge in [-0.3, -0.25) is 9.59 Å². The van der Waals surface area contributed by atoms with E-state index in [0.717, 1.165) is 12.1 Å². The zero-order chi connectivity index (χ0) is 14.0. The summed E-state index contributed by atoms with van der Waals surface area (Å²) in [5.41, 5.74) is 0.0417. The molecule has 2 rings (SSSR count). The van der Waals surface area contributed by atoms with E-state index in [1.165, 1.54) is 11.0 Å². The molecule has 0 radical (unpaired) electrons. The van der Waals surface area contributed by atoms with Crippen LogP contribution in [0.1, 0.15) is 26.2 Å². The zero-order valence-electron chi connectivity index (χ0n) is 10.7. The van der Waals surface area contributed by atoms with Gasteiger partial charge in [0.2, 0.25) is 5.91 Å².